The van der Waals surface area contributed by atoms with Crippen molar-refractivity contribution in [1.82, 2.24) is 15.5 Å². The van der Waals surface area contributed by atoms with Gasteiger partial charge in [0.05, 0.1) is 12.7 Å². The molecule has 0 saturated carbocycles. The molecule has 1 amide bonds. The van der Waals surface area contributed by atoms with E-state index in [0.29, 0.717) is 28.7 Å². The molecular formula is C21H15N3O5. The van der Waals surface area contributed by atoms with E-state index in [1.165, 1.54) is 6.20 Å². The number of ether oxygens (including phenoxy) is 2. The Morgan fingerprint density at radius 1 is 0.966 bits per heavy atom. The number of carbonyl (C=O) groups excluding carboxylic acids is 1. The second kappa shape index (κ2) is 7.16. The van der Waals surface area contributed by atoms with Gasteiger partial charge < -0.3 is 23.7 Å². The van der Waals surface area contributed by atoms with Crippen LogP contribution in [0.2, 0.25) is 0 Å². The van der Waals surface area contributed by atoms with Gasteiger partial charge in [0.1, 0.15) is 5.69 Å². The van der Waals surface area contributed by atoms with Gasteiger partial charge in [-0.05, 0) is 18.2 Å². The number of rotatable bonds is 5. The Hall–Kier alpha value is -4.07. The monoisotopic (exact) mass is 389 g/mol. The number of nitrogens with zero attached hydrogens (tertiary/aromatic N) is 2. The second-order valence-corrected chi connectivity index (χ2v) is 6.33. The number of aromatic nitrogens is 2. The first kappa shape index (κ1) is 17.1. The fourth-order valence-corrected chi connectivity index (χ4v) is 2.94. The normalized spacial score (nSPS) is 12.1. The number of fused-ring (bicyclic) bond motifs is 1. The van der Waals surface area contributed by atoms with Gasteiger partial charge in [-0.1, -0.05) is 35.5 Å². The minimum atomic E-state index is -0.431. The van der Waals surface area contributed by atoms with Crippen LogP contribution in [0.4, 0.5) is 0 Å². The van der Waals surface area contributed by atoms with Crippen LogP contribution in [-0.4, -0.2) is 22.8 Å². The van der Waals surface area contributed by atoms with E-state index in [2.05, 4.69) is 15.5 Å². The predicted octanol–water partition coefficient (Wildman–Crippen LogP) is 3.66. The Labute approximate surface area is 165 Å². The van der Waals surface area contributed by atoms with Gasteiger partial charge in [-0.15, -0.1) is 0 Å². The van der Waals surface area contributed by atoms with Crippen LogP contribution in [0.25, 0.3) is 22.6 Å². The van der Waals surface area contributed by atoms with E-state index >= 15 is 0 Å². The number of oxazole rings is 1. The van der Waals surface area contributed by atoms with Gasteiger partial charge in [0.15, 0.2) is 23.0 Å². The molecule has 144 valence electrons. The van der Waals surface area contributed by atoms with E-state index in [0.717, 1.165) is 11.1 Å². The Morgan fingerprint density at radius 3 is 2.72 bits per heavy atom. The highest BCUT2D eigenvalue weighted by Gasteiger charge is 2.17. The quantitative estimate of drug-likeness (QED) is 0.556. The zero-order chi connectivity index (χ0) is 19.6. The van der Waals surface area contributed by atoms with E-state index in [1.807, 2.05) is 48.5 Å². The molecule has 0 saturated heterocycles. The third kappa shape index (κ3) is 3.43. The molecule has 0 spiro atoms. The van der Waals surface area contributed by atoms with Crippen LogP contribution in [0.5, 0.6) is 11.5 Å². The molecule has 29 heavy (non-hydrogen) atoms. The molecule has 0 fully saturated rings. The zero-order valence-electron chi connectivity index (χ0n) is 15.1. The van der Waals surface area contributed by atoms with E-state index < -0.39 is 5.91 Å². The summed E-state index contributed by atoms with van der Waals surface area (Å²) in [5, 5.41) is 6.72. The third-order valence-electron chi connectivity index (χ3n) is 4.40. The number of benzene rings is 2. The maximum absolute atomic E-state index is 12.3. The highest BCUT2D eigenvalue weighted by atomic mass is 16.7. The maximum atomic E-state index is 12.3. The van der Waals surface area contributed by atoms with Gasteiger partial charge in [0.25, 0.3) is 5.89 Å². The van der Waals surface area contributed by atoms with Crippen molar-refractivity contribution in [1.29, 1.82) is 0 Å². The maximum Gasteiger partial charge on any atom is 0.307 e. The number of hydrogen-bond donors (Lipinski definition) is 1. The molecule has 8 nitrogen and oxygen atoms in total. The number of carbonyl (C=O) groups is 1. The van der Waals surface area contributed by atoms with Crippen LogP contribution in [0, 0.1) is 0 Å². The summed E-state index contributed by atoms with van der Waals surface area (Å²) >= 11 is 0. The topological polar surface area (TPSA) is 99.6 Å². The Bertz CT molecular complexity index is 1170. The lowest BCUT2D eigenvalue weighted by molar-refractivity contribution is 0.0916. The summed E-state index contributed by atoms with van der Waals surface area (Å²) < 4.78 is 21.6. The Balaban J connectivity index is 1.24. The molecule has 2 aromatic carbocycles. The van der Waals surface area contributed by atoms with Crippen molar-refractivity contribution < 1.29 is 23.2 Å². The summed E-state index contributed by atoms with van der Waals surface area (Å²) in [7, 11) is 0. The molecule has 8 heteroatoms. The van der Waals surface area contributed by atoms with Crippen molar-refractivity contribution in [2.45, 2.75) is 6.54 Å². The molecular weight excluding hydrogens is 374 g/mol. The van der Waals surface area contributed by atoms with E-state index in [-0.39, 0.29) is 19.2 Å². The van der Waals surface area contributed by atoms with Crippen molar-refractivity contribution in [3.8, 4) is 34.1 Å². The van der Waals surface area contributed by atoms with Crippen molar-refractivity contribution in [3.63, 3.8) is 0 Å². The lowest BCUT2D eigenvalue weighted by Crippen LogP contribution is -2.23. The lowest BCUT2D eigenvalue weighted by atomic mass is 10.1. The molecule has 5 rings (SSSR count). The standard InChI is InChI=1S/C21H15N3O5/c25-20(21-23-11-19(28-21)13-4-2-1-3-5-13)22-10-15-9-17(29-24-15)14-6-7-16-18(8-14)27-12-26-16/h1-9,11H,10,12H2,(H,22,25). The predicted molar refractivity (Wildman–Crippen MR) is 101 cm³/mol. The molecule has 0 aliphatic carbocycles. The Morgan fingerprint density at radius 2 is 1.83 bits per heavy atom. The molecule has 0 bridgehead atoms. The minimum absolute atomic E-state index is 0.0108. The van der Waals surface area contributed by atoms with Crippen molar-refractivity contribution in [2.75, 3.05) is 6.79 Å². The van der Waals surface area contributed by atoms with Crippen LogP contribution >= 0.6 is 0 Å². The van der Waals surface area contributed by atoms with Gasteiger partial charge in [-0.3, -0.25) is 4.79 Å². The average Bonchev–Trinajstić information content (AvgIpc) is 3.52. The molecule has 0 radical (unpaired) electrons. The Kier molecular flexibility index (Phi) is 4.21. The van der Waals surface area contributed by atoms with Crippen LogP contribution in [0.15, 0.2) is 69.7 Å². The second-order valence-electron chi connectivity index (χ2n) is 6.33. The van der Waals surface area contributed by atoms with E-state index in [1.54, 1.807) is 6.07 Å². The molecule has 4 aromatic rings. The zero-order valence-corrected chi connectivity index (χ0v) is 15.1. The largest absolute Gasteiger partial charge is 0.454 e. The van der Waals surface area contributed by atoms with Crippen LogP contribution < -0.4 is 14.8 Å². The van der Waals surface area contributed by atoms with Gasteiger partial charge in [0.2, 0.25) is 6.79 Å². The SMILES string of the molecule is O=C(NCc1cc(-c2ccc3c(c2)OCO3)on1)c1ncc(-c2ccccc2)o1. The smallest absolute Gasteiger partial charge is 0.307 e. The minimum Gasteiger partial charge on any atom is -0.454 e. The molecule has 3 heterocycles. The van der Waals surface area contributed by atoms with Gasteiger partial charge in [-0.2, -0.15) is 0 Å². The van der Waals surface area contributed by atoms with Crippen LogP contribution in [0.3, 0.4) is 0 Å². The highest BCUT2D eigenvalue weighted by molar-refractivity contribution is 5.89. The van der Waals surface area contributed by atoms with Gasteiger partial charge in [-0.25, -0.2) is 4.98 Å². The summed E-state index contributed by atoms with van der Waals surface area (Å²) in [4.78, 5) is 16.4. The first-order valence-electron chi connectivity index (χ1n) is 8.91. The first-order valence-corrected chi connectivity index (χ1v) is 8.91. The molecule has 1 N–H and O–H groups in total. The van der Waals surface area contributed by atoms with Gasteiger partial charge in [0, 0.05) is 17.2 Å². The molecule has 1 aliphatic heterocycles. The fourth-order valence-electron chi connectivity index (χ4n) is 2.94. The number of amides is 1. The van der Waals surface area contributed by atoms with Crippen LogP contribution in [0.1, 0.15) is 16.4 Å². The highest BCUT2D eigenvalue weighted by Crippen LogP contribution is 2.36. The summed E-state index contributed by atoms with van der Waals surface area (Å²) in [6.07, 6.45) is 1.53. The fraction of sp³-hybridized carbons (Fsp3) is 0.0952. The van der Waals surface area contributed by atoms with E-state index in [4.69, 9.17) is 18.4 Å². The summed E-state index contributed by atoms with van der Waals surface area (Å²) in [6.45, 7) is 0.384. The third-order valence-corrected chi connectivity index (χ3v) is 4.40. The number of nitrogens with one attached hydrogen (secondary N) is 1. The van der Waals surface area contributed by atoms with Crippen molar-refractivity contribution >= 4 is 5.91 Å². The summed E-state index contributed by atoms with van der Waals surface area (Å²) in [5.41, 5.74) is 2.23. The summed E-state index contributed by atoms with van der Waals surface area (Å²) in [6, 6.07) is 16.7. The van der Waals surface area contributed by atoms with Gasteiger partial charge >= 0.3 is 5.91 Å². The lowest BCUT2D eigenvalue weighted by Gasteiger charge is -1.99. The molecule has 1 aliphatic rings. The summed E-state index contributed by atoms with van der Waals surface area (Å²) in [5.74, 6) is 2.01. The molecule has 0 atom stereocenters. The van der Waals surface area contributed by atoms with Crippen LogP contribution in [-0.2, 0) is 6.54 Å². The van der Waals surface area contributed by atoms with Crippen molar-refractivity contribution in [3.05, 3.63) is 72.4 Å². The average molecular weight is 389 g/mol. The van der Waals surface area contributed by atoms with E-state index in [9.17, 15) is 4.79 Å². The molecule has 0 unspecified atom stereocenters. The van der Waals surface area contributed by atoms with Crippen molar-refractivity contribution in [2.24, 2.45) is 0 Å². The first-order chi connectivity index (χ1) is 14.3. The number of hydrogen-bond acceptors (Lipinski definition) is 7. The molecule has 2 aromatic heterocycles.